The van der Waals surface area contributed by atoms with E-state index in [1.54, 1.807) is 40.5 Å². The molecule has 172 valence electrons. The van der Waals surface area contributed by atoms with E-state index < -0.39 is 18.0 Å². The van der Waals surface area contributed by atoms with Crippen molar-refractivity contribution in [2.75, 3.05) is 5.32 Å². The summed E-state index contributed by atoms with van der Waals surface area (Å²) in [6.45, 7) is 1.83. The maximum atomic E-state index is 15.1. The molecule has 3 heterocycles. The Balaban J connectivity index is 1.56. The van der Waals surface area contributed by atoms with Gasteiger partial charge in [-0.05, 0) is 31.2 Å². The molecule has 3 aliphatic rings. The Morgan fingerprint density at radius 1 is 1.00 bits per heavy atom. The van der Waals surface area contributed by atoms with E-state index in [1.165, 1.54) is 6.07 Å². The zero-order valence-electron chi connectivity index (χ0n) is 19.9. The van der Waals surface area contributed by atoms with Gasteiger partial charge in [-0.15, -0.1) is 0 Å². The molecule has 0 radical (unpaired) electrons. The summed E-state index contributed by atoms with van der Waals surface area (Å²) in [7, 11) is 0. The maximum Gasteiger partial charge on any atom is 0.265 e. The molecular weight excluding hydrogens is 441 g/mol. The van der Waals surface area contributed by atoms with Gasteiger partial charge in [-0.3, -0.25) is 14.8 Å². The van der Waals surface area contributed by atoms with Crippen molar-refractivity contribution in [3.63, 3.8) is 0 Å². The fraction of sp³-hybridized carbons (Fsp3) is 0.107. The molecule has 3 aromatic carbocycles. The van der Waals surface area contributed by atoms with E-state index in [0.717, 1.165) is 11.1 Å². The Morgan fingerprint density at radius 2 is 1.74 bits per heavy atom. The molecule has 0 saturated carbocycles. The number of hydrogen-bond donors (Lipinski definition) is 1. The predicted octanol–water partition coefficient (Wildman–Crippen LogP) is 5.04. The molecule has 35 heavy (non-hydrogen) atoms. The summed E-state index contributed by atoms with van der Waals surface area (Å²) >= 11 is 0. The third-order valence-electron chi connectivity index (χ3n) is 6.16. The van der Waals surface area contributed by atoms with Crippen LogP contribution in [0, 0.1) is 5.82 Å². The van der Waals surface area contributed by atoms with E-state index in [9.17, 15) is 4.79 Å². The van der Waals surface area contributed by atoms with Gasteiger partial charge >= 0.3 is 0 Å². The Labute approximate surface area is 203 Å². The van der Waals surface area contributed by atoms with Crippen molar-refractivity contribution < 1.29 is 10.6 Å². The number of halogens is 1. The van der Waals surface area contributed by atoms with Gasteiger partial charge in [0.25, 0.3) is 5.91 Å². The van der Waals surface area contributed by atoms with Crippen LogP contribution in [0.25, 0.3) is 0 Å². The third kappa shape index (κ3) is 3.66. The lowest BCUT2D eigenvalue weighted by Gasteiger charge is -2.36. The highest BCUT2D eigenvalue weighted by Gasteiger charge is 2.43. The van der Waals surface area contributed by atoms with E-state index in [0.29, 0.717) is 22.9 Å². The Morgan fingerprint density at radius 3 is 2.57 bits per heavy atom. The minimum absolute atomic E-state index is 0.0924. The SMILES string of the molecule is [2H]C1=C2N=C(C)C=CN2N([C@@H]2N=C(c3ccccc3)c3ccccc3NC2=O)C1c1ccccc1F. The Kier molecular flexibility index (Phi) is 4.84. The fourth-order valence-corrected chi connectivity index (χ4v) is 4.53. The number of fused-ring (bicyclic) bond motifs is 2. The second kappa shape index (κ2) is 8.45. The minimum Gasteiger partial charge on any atom is -0.322 e. The van der Waals surface area contributed by atoms with Crippen molar-refractivity contribution in [1.29, 1.82) is 0 Å². The second-order valence-corrected chi connectivity index (χ2v) is 8.44. The number of nitrogens with one attached hydrogen (secondary N) is 1. The largest absolute Gasteiger partial charge is 0.322 e. The molecule has 7 heteroatoms. The topological polar surface area (TPSA) is 60.3 Å². The normalized spacial score (nSPS) is 22.1. The summed E-state index contributed by atoms with van der Waals surface area (Å²) in [5.74, 6) is -0.510. The first-order valence-corrected chi connectivity index (χ1v) is 11.3. The molecule has 0 aliphatic carbocycles. The van der Waals surface area contributed by atoms with E-state index in [-0.39, 0.29) is 17.5 Å². The lowest BCUT2D eigenvalue weighted by molar-refractivity contribution is -0.126. The molecule has 2 atom stereocenters. The first-order valence-electron chi connectivity index (χ1n) is 11.8. The molecule has 6 rings (SSSR count). The van der Waals surface area contributed by atoms with Gasteiger partial charge in [0.05, 0.1) is 18.8 Å². The number of allylic oxidation sites excluding steroid dienone is 1. The van der Waals surface area contributed by atoms with Crippen LogP contribution in [0.2, 0.25) is 0 Å². The fourth-order valence-electron chi connectivity index (χ4n) is 4.53. The Bertz CT molecular complexity index is 1500. The van der Waals surface area contributed by atoms with Crippen molar-refractivity contribution in [3.05, 3.63) is 126 Å². The van der Waals surface area contributed by atoms with E-state index in [2.05, 4.69) is 10.3 Å². The van der Waals surface area contributed by atoms with Crippen LogP contribution in [0.1, 0.15) is 31.0 Å². The zero-order valence-corrected chi connectivity index (χ0v) is 18.9. The molecule has 0 aromatic heterocycles. The number of carbonyl (C=O) groups excluding carboxylic acids is 1. The first-order chi connectivity index (χ1) is 17.5. The molecule has 3 aliphatic heterocycles. The van der Waals surface area contributed by atoms with Crippen LogP contribution in [0.15, 0.2) is 113 Å². The van der Waals surface area contributed by atoms with Crippen molar-refractivity contribution in [2.45, 2.75) is 19.1 Å². The lowest BCUT2D eigenvalue weighted by Crippen LogP contribution is -2.49. The molecule has 1 N–H and O–H groups in total. The number of para-hydroxylation sites is 1. The molecule has 6 nitrogen and oxygen atoms in total. The summed E-state index contributed by atoms with van der Waals surface area (Å²) in [5, 5.41) is 6.27. The van der Waals surface area contributed by atoms with Gasteiger partial charge < -0.3 is 5.32 Å². The standard InChI is InChI=1S/C28H22FN5O/c1-18-15-16-33-25(30-18)17-24(20-11-5-7-13-22(20)29)34(33)27-28(35)31-23-14-8-6-12-21(23)26(32-27)19-9-3-2-4-10-19/h2-17,24,27H,1H3,(H,31,35)/t24?,27-/m0/s1/i17D. The van der Waals surface area contributed by atoms with Crippen molar-refractivity contribution in [2.24, 2.45) is 9.98 Å². The summed E-state index contributed by atoms with van der Waals surface area (Å²) in [4.78, 5) is 23.2. The van der Waals surface area contributed by atoms with Gasteiger partial charge in [-0.2, -0.15) is 5.01 Å². The zero-order chi connectivity index (χ0) is 24.8. The quantitative estimate of drug-likeness (QED) is 0.591. The number of amides is 1. The molecule has 0 fully saturated rings. The highest BCUT2D eigenvalue weighted by Crippen LogP contribution is 2.40. The van der Waals surface area contributed by atoms with Crippen LogP contribution in [0.5, 0.6) is 0 Å². The molecule has 3 aromatic rings. The second-order valence-electron chi connectivity index (χ2n) is 8.44. The van der Waals surface area contributed by atoms with E-state index in [1.807, 2.05) is 61.5 Å². The average molecular weight is 465 g/mol. The van der Waals surface area contributed by atoms with E-state index in [4.69, 9.17) is 6.36 Å². The number of benzodiazepines with no additional fused rings is 1. The first kappa shape index (κ1) is 20.1. The Hall–Kier alpha value is -4.36. The number of anilines is 1. The molecule has 1 unspecified atom stereocenters. The number of hydrazine groups is 1. The molecule has 0 spiro atoms. The molecule has 0 bridgehead atoms. The summed E-state index contributed by atoms with van der Waals surface area (Å²) in [5.41, 5.74) is 3.88. The van der Waals surface area contributed by atoms with Crippen LogP contribution in [0.4, 0.5) is 10.1 Å². The number of hydrogen-bond acceptors (Lipinski definition) is 5. The maximum absolute atomic E-state index is 15.1. The number of carbonyl (C=O) groups is 1. The van der Waals surface area contributed by atoms with Crippen LogP contribution >= 0.6 is 0 Å². The van der Waals surface area contributed by atoms with Crippen LogP contribution in [-0.4, -0.2) is 33.5 Å². The summed E-state index contributed by atoms with van der Waals surface area (Å²) in [6, 6.07) is 22.6. The summed E-state index contributed by atoms with van der Waals surface area (Å²) in [6.07, 6.45) is 2.43. The minimum atomic E-state index is -1.10. The highest BCUT2D eigenvalue weighted by atomic mass is 19.1. The lowest BCUT2D eigenvalue weighted by atomic mass is 10.0. The van der Waals surface area contributed by atoms with Crippen molar-refractivity contribution in [1.82, 2.24) is 10.0 Å². The van der Waals surface area contributed by atoms with Gasteiger partial charge in [0.2, 0.25) is 0 Å². The van der Waals surface area contributed by atoms with Crippen LogP contribution in [-0.2, 0) is 4.79 Å². The molecule has 0 saturated heterocycles. The predicted molar refractivity (Wildman–Crippen MR) is 134 cm³/mol. The smallest absolute Gasteiger partial charge is 0.265 e. The highest BCUT2D eigenvalue weighted by molar-refractivity contribution is 6.19. The van der Waals surface area contributed by atoms with Gasteiger partial charge in [-0.25, -0.2) is 9.38 Å². The number of rotatable bonds is 3. The van der Waals surface area contributed by atoms with Gasteiger partial charge in [0.15, 0.2) is 6.17 Å². The number of aliphatic imine (C=N–C) groups is 2. The summed E-state index contributed by atoms with van der Waals surface area (Å²) < 4.78 is 24.1. The van der Waals surface area contributed by atoms with Gasteiger partial charge in [0, 0.05) is 28.6 Å². The number of nitrogens with zero attached hydrogens (tertiary/aromatic N) is 4. The van der Waals surface area contributed by atoms with Crippen LogP contribution < -0.4 is 5.32 Å². The average Bonchev–Trinajstić information content (AvgIpc) is 3.07. The number of benzene rings is 3. The van der Waals surface area contributed by atoms with Gasteiger partial charge in [0.1, 0.15) is 11.6 Å². The van der Waals surface area contributed by atoms with Crippen molar-refractivity contribution in [3.8, 4) is 0 Å². The molecule has 1 amide bonds. The monoisotopic (exact) mass is 464 g/mol. The third-order valence-corrected chi connectivity index (χ3v) is 6.16. The van der Waals surface area contributed by atoms with Crippen molar-refractivity contribution >= 4 is 23.0 Å². The van der Waals surface area contributed by atoms with Gasteiger partial charge in [-0.1, -0.05) is 66.7 Å². The van der Waals surface area contributed by atoms with Crippen LogP contribution in [0.3, 0.4) is 0 Å². The van der Waals surface area contributed by atoms with E-state index >= 15 is 4.39 Å². The molecular formula is C28H22FN5O.